The number of carbonyl (C=O) groups excluding carboxylic acids is 2. The lowest BCUT2D eigenvalue weighted by Crippen LogP contribution is -2.26. The van der Waals surface area contributed by atoms with E-state index in [2.05, 4.69) is 5.32 Å². The van der Waals surface area contributed by atoms with Gasteiger partial charge in [-0.05, 0) is 12.1 Å². The second kappa shape index (κ2) is 4.72. The fourth-order valence-corrected chi connectivity index (χ4v) is 1.88. The number of halogens is 2. The van der Waals surface area contributed by atoms with Crippen molar-refractivity contribution in [2.75, 3.05) is 18.9 Å². The molecule has 1 N–H and O–H groups in total. The monoisotopic (exact) mass is 254 g/mol. The first-order valence-electron chi connectivity index (χ1n) is 5.48. The van der Waals surface area contributed by atoms with Crippen molar-refractivity contribution >= 4 is 17.5 Å². The third kappa shape index (κ3) is 2.32. The van der Waals surface area contributed by atoms with Gasteiger partial charge in [0.2, 0.25) is 11.8 Å². The smallest absolute Gasteiger partial charge is 0.229 e. The Labute approximate surface area is 103 Å². The van der Waals surface area contributed by atoms with Crippen LogP contribution in [0.25, 0.3) is 0 Å². The van der Waals surface area contributed by atoms with Gasteiger partial charge in [-0.15, -0.1) is 0 Å². The molecule has 0 spiro atoms. The zero-order chi connectivity index (χ0) is 13.3. The number of rotatable bonds is 2. The van der Waals surface area contributed by atoms with Crippen LogP contribution in [0, 0.1) is 17.6 Å². The van der Waals surface area contributed by atoms with Gasteiger partial charge in [0, 0.05) is 20.0 Å². The van der Waals surface area contributed by atoms with Crippen LogP contribution < -0.4 is 5.32 Å². The number of nitrogens with one attached hydrogen (secondary N) is 1. The van der Waals surface area contributed by atoms with E-state index in [9.17, 15) is 18.4 Å². The van der Waals surface area contributed by atoms with Crippen molar-refractivity contribution in [2.24, 2.45) is 5.92 Å². The van der Waals surface area contributed by atoms with E-state index in [1.165, 1.54) is 11.0 Å². The molecule has 4 nitrogen and oxygen atoms in total. The summed E-state index contributed by atoms with van der Waals surface area (Å²) in [6, 6.07) is 3.34. The Hall–Kier alpha value is -1.98. The van der Waals surface area contributed by atoms with Crippen LogP contribution in [-0.2, 0) is 9.59 Å². The molecule has 1 saturated heterocycles. The van der Waals surface area contributed by atoms with Crippen molar-refractivity contribution in [1.29, 1.82) is 0 Å². The average molecular weight is 254 g/mol. The molecule has 1 atom stereocenters. The molecular weight excluding hydrogens is 242 g/mol. The number of amides is 2. The van der Waals surface area contributed by atoms with Crippen LogP contribution in [-0.4, -0.2) is 30.3 Å². The number of anilines is 1. The highest BCUT2D eigenvalue weighted by atomic mass is 19.1. The molecule has 18 heavy (non-hydrogen) atoms. The second-order valence-electron chi connectivity index (χ2n) is 4.26. The van der Waals surface area contributed by atoms with E-state index < -0.39 is 29.1 Å². The fraction of sp³-hybridized carbons (Fsp3) is 0.333. The van der Waals surface area contributed by atoms with Gasteiger partial charge in [-0.25, -0.2) is 8.78 Å². The molecule has 0 saturated carbocycles. The molecular formula is C12H12F2N2O2. The molecule has 2 rings (SSSR count). The molecule has 1 aromatic rings. The number of carbonyl (C=O) groups is 2. The highest BCUT2D eigenvalue weighted by Gasteiger charge is 2.32. The number of benzene rings is 1. The van der Waals surface area contributed by atoms with Gasteiger partial charge in [-0.2, -0.15) is 0 Å². The van der Waals surface area contributed by atoms with E-state index >= 15 is 0 Å². The van der Waals surface area contributed by atoms with Gasteiger partial charge < -0.3 is 10.2 Å². The predicted octanol–water partition coefficient (Wildman–Crippen LogP) is 1.38. The van der Waals surface area contributed by atoms with Crippen molar-refractivity contribution in [3.8, 4) is 0 Å². The van der Waals surface area contributed by atoms with E-state index in [1.807, 2.05) is 0 Å². The van der Waals surface area contributed by atoms with Gasteiger partial charge in [0.05, 0.1) is 5.92 Å². The largest absolute Gasteiger partial charge is 0.345 e. The number of para-hydroxylation sites is 1. The number of hydrogen-bond acceptors (Lipinski definition) is 2. The normalized spacial score (nSPS) is 19.2. The zero-order valence-electron chi connectivity index (χ0n) is 9.74. The maximum atomic E-state index is 13.3. The molecule has 1 fully saturated rings. The Morgan fingerprint density at radius 2 is 2.00 bits per heavy atom. The van der Waals surface area contributed by atoms with Crippen LogP contribution in [0.1, 0.15) is 6.42 Å². The molecule has 0 aromatic heterocycles. The SMILES string of the molecule is CN1CC(C(=O)Nc2c(F)cccc2F)CC1=O. The number of nitrogens with zero attached hydrogens (tertiary/aromatic N) is 1. The average Bonchev–Trinajstić information content (AvgIpc) is 2.64. The minimum absolute atomic E-state index is 0.0679. The summed E-state index contributed by atoms with van der Waals surface area (Å²) < 4.78 is 26.6. The number of hydrogen-bond donors (Lipinski definition) is 1. The first-order valence-corrected chi connectivity index (χ1v) is 5.48. The summed E-state index contributed by atoms with van der Waals surface area (Å²) in [4.78, 5) is 24.5. The summed E-state index contributed by atoms with van der Waals surface area (Å²) in [6.07, 6.45) is 0.0679. The van der Waals surface area contributed by atoms with Gasteiger partial charge >= 0.3 is 0 Å². The van der Waals surface area contributed by atoms with Gasteiger partial charge in [0.15, 0.2) is 0 Å². The van der Waals surface area contributed by atoms with E-state index in [0.717, 1.165) is 12.1 Å². The molecule has 2 amide bonds. The summed E-state index contributed by atoms with van der Waals surface area (Å²) >= 11 is 0. The first-order chi connectivity index (χ1) is 8.49. The molecule has 1 unspecified atom stereocenters. The molecule has 6 heteroatoms. The van der Waals surface area contributed by atoms with Gasteiger partial charge in [-0.1, -0.05) is 6.07 Å². The van der Waals surface area contributed by atoms with Crippen LogP contribution in [0.15, 0.2) is 18.2 Å². The molecule has 0 aliphatic carbocycles. The topological polar surface area (TPSA) is 49.4 Å². The lowest BCUT2D eigenvalue weighted by Gasteiger charge is -2.12. The van der Waals surface area contributed by atoms with Crippen LogP contribution in [0.4, 0.5) is 14.5 Å². The summed E-state index contributed by atoms with van der Waals surface area (Å²) in [5.41, 5.74) is -0.468. The molecule has 0 bridgehead atoms. The van der Waals surface area contributed by atoms with Gasteiger partial charge in [0.25, 0.3) is 0 Å². The molecule has 0 radical (unpaired) electrons. The van der Waals surface area contributed by atoms with E-state index in [-0.39, 0.29) is 18.9 Å². The Bertz CT molecular complexity index is 485. The molecule has 1 heterocycles. The lowest BCUT2D eigenvalue weighted by molar-refractivity contribution is -0.127. The van der Waals surface area contributed by atoms with E-state index in [1.54, 1.807) is 7.05 Å². The molecule has 96 valence electrons. The maximum Gasteiger partial charge on any atom is 0.229 e. The van der Waals surface area contributed by atoms with Crippen molar-refractivity contribution in [3.05, 3.63) is 29.8 Å². The van der Waals surface area contributed by atoms with Crippen LogP contribution >= 0.6 is 0 Å². The lowest BCUT2D eigenvalue weighted by atomic mass is 10.1. The summed E-state index contributed by atoms with van der Waals surface area (Å²) in [5, 5.41) is 2.19. The first kappa shape index (κ1) is 12.5. The fourth-order valence-electron chi connectivity index (χ4n) is 1.88. The van der Waals surface area contributed by atoms with E-state index in [4.69, 9.17) is 0 Å². The number of likely N-dealkylation sites (tertiary alicyclic amines) is 1. The zero-order valence-corrected chi connectivity index (χ0v) is 9.74. The third-order valence-corrected chi connectivity index (χ3v) is 2.92. The minimum Gasteiger partial charge on any atom is -0.345 e. The van der Waals surface area contributed by atoms with Crippen LogP contribution in [0.5, 0.6) is 0 Å². The van der Waals surface area contributed by atoms with Crippen molar-refractivity contribution in [1.82, 2.24) is 4.90 Å². The quantitative estimate of drug-likeness (QED) is 0.866. The van der Waals surface area contributed by atoms with Crippen LogP contribution in [0.2, 0.25) is 0 Å². The Morgan fingerprint density at radius 3 is 2.50 bits per heavy atom. The van der Waals surface area contributed by atoms with Crippen LogP contribution in [0.3, 0.4) is 0 Å². The predicted molar refractivity (Wildman–Crippen MR) is 60.7 cm³/mol. The summed E-state index contributed by atoms with van der Waals surface area (Å²) in [7, 11) is 1.58. The van der Waals surface area contributed by atoms with Crippen molar-refractivity contribution in [3.63, 3.8) is 0 Å². The van der Waals surface area contributed by atoms with Gasteiger partial charge in [-0.3, -0.25) is 9.59 Å². The van der Waals surface area contributed by atoms with Crippen molar-refractivity contribution < 1.29 is 18.4 Å². The summed E-state index contributed by atoms with van der Waals surface area (Å²) in [5.74, 6) is -2.93. The Kier molecular flexibility index (Phi) is 3.27. The second-order valence-corrected chi connectivity index (χ2v) is 4.26. The van der Waals surface area contributed by atoms with Gasteiger partial charge in [0.1, 0.15) is 17.3 Å². The molecule has 1 aliphatic heterocycles. The molecule has 1 aromatic carbocycles. The Morgan fingerprint density at radius 1 is 1.39 bits per heavy atom. The Balaban J connectivity index is 2.11. The summed E-state index contributed by atoms with van der Waals surface area (Å²) in [6.45, 7) is 0.265. The maximum absolute atomic E-state index is 13.3. The highest BCUT2D eigenvalue weighted by molar-refractivity contribution is 5.97. The minimum atomic E-state index is -0.832. The standard InChI is InChI=1S/C12H12F2N2O2/c1-16-6-7(5-10(16)17)12(18)15-11-8(13)3-2-4-9(11)14/h2-4,7H,5-6H2,1H3,(H,15,18). The third-order valence-electron chi connectivity index (χ3n) is 2.92. The van der Waals surface area contributed by atoms with E-state index in [0.29, 0.717) is 0 Å². The molecule has 1 aliphatic rings. The highest BCUT2D eigenvalue weighted by Crippen LogP contribution is 2.22. The van der Waals surface area contributed by atoms with Crippen molar-refractivity contribution in [2.45, 2.75) is 6.42 Å².